The number of nitrogens with one attached hydrogen (secondary N) is 2. The van der Waals surface area contributed by atoms with Crippen molar-refractivity contribution < 1.29 is 29.4 Å². The van der Waals surface area contributed by atoms with Gasteiger partial charge >= 0.3 is 5.97 Å². The second-order valence-electron chi connectivity index (χ2n) is 5.22. The van der Waals surface area contributed by atoms with Crippen LogP contribution in [-0.2, 0) is 19.2 Å². The van der Waals surface area contributed by atoms with Crippen molar-refractivity contribution in [3.8, 4) is 0 Å². The Hall–Kier alpha value is -2.20. The monoisotopic (exact) mass is 332 g/mol. The van der Waals surface area contributed by atoms with Crippen LogP contribution in [0.4, 0.5) is 0 Å². The number of hydrogen-bond donors (Lipinski definition) is 6. The van der Waals surface area contributed by atoms with Gasteiger partial charge in [-0.15, -0.1) is 0 Å². The van der Waals surface area contributed by atoms with Crippen LogP contribution in [0.15, 0.2) is 0 Å². The predicted octanol–water partition coefficient (Wildman–Crippen LogP) is -2.72. The summed E-state index contributed by atoms with van der Waals surface area (Å²) in [5.41, 5.74) is 10.6. The van der Waals surface area contributed by atoms with Gasteiger partial charge in [-0.3, -0.25) is 14.4 Å². The molecule has 0 radical (unpaired) electrons. The van der Waals surface area contributed by atoms with Crippen molar-refractivity contribution in [2.75, 3.05) is 6.61 Å². The Bertz CT molecular complexity index is 456. The van der Waals surface area contributed by atoms with E-state index in [2.05, 4.69) is 5.32 Å². The number of aliphatic carboxylic acids is 1. The fourth-order valence-corrected chi connectivity index (χ4v) is 1.65. The first kappa shape index (κ1) is 20.8. The molecule has 0 bridgehead atoms. The molecule has 0 rings (SSSR count). The van der Waals surface area contributed by atoms with Crippen molar-refractivity contribution >= 4 is 23.7 Å². The summed E-state index contributed by atoms with van der Waals surface area (Å²) < 4.78 is 0. The Labute approximate surface area is 133 Å². The highest BCUT2D eigenvalue weighted by Gasteiger charge is 2.29. The second-order valence-corrected chi connectivity index (χ2v) is 5.22. The van der Waals surface area contributed by atoms with Gasteiger partial charge in [0, 0.05) is 0 Å². The molecule has 23 heavy (non-hydrogen) atoms. The summed E-state index contributed by atoms with van der Waals surface area (Å²) in [6.07, 6.45) is 0.0316. The number of nitrogens with two attached hydrogens (primary N) is 2. The zero-order valence-corrected chi connectivity index (χ0v) is 13.1. The van der Waals surface area contributed by atoms with Crippen molar-refractivity contribution in [2.45, 2.75) is 44.8 Å². The van der Waals surface area contributed by atoms with Crippen LogP contribution in [0.25, 0.3) is 0 Å². The molecule has 10 heteroatoms. The second kappa shape index (κ2) is 9.74. The van der Waals surface area contributed by atoms with E-state index in [9.17, 15) is 24.3 Å². The zero-order chi connectivity index (χ0) is 18.2. The minimum Gasteiger partial charge on any atom is -0.480 e. The Balaban J connectivity index is 4.82. The highest BCUT2D eigenvalue weighted by molar-refractivity contribution is 5.93. The first-order valence-electron chi connectivity index (χ1n) is 7.12. The highest BCUT2D eigenvalue weighted by Crippen LogP contribution is 2.05. The van der Waals surface area contributed by atoms with E-state index in [1.807, 2.05) is 12.2 Å². The normalized spacial score (nSPS) is 15.8. The molecule has 0 aromatic rings. The number of amides is 3. The molecule has 0 aliphatic heterocycles. The van der Waals surface area contributed by atoms with E-state index in [4.69, 9.17) is 16.6 Å². The molecule has 0 aliphatic carbocycles. The van der Waals surface area contributed by atoms with Gasteiger partial charge in [-0.05, 0) is 5.92 Å². The van der Waals surface area contributed by atoms with Gasteiger partial charge < -0.3 is 32.3 Å². The van der Waals surface area contributed by atoms with E-state index in [1.165, 1.54) is 0 Å². The van der Waals surface area contributed by atoms with Crippen molar-refractivity contribution in [3.63, 3.8) is 0 Å². The lowest BCUT2D eigenvalue weighted by Gasteiger charge is -2.23. The Kier molecular flexibility index (Phi) is 8.81. The number of carbonyl (C=O) groups excluding carboxylic acids is 3. The number of carboxylic acid groups (broad SMARTS) is 1. The van der Waals surface area contributed by atoms with Crippen LogP contribution >= 0.6 is 0 Å². The zero-order valence-electron chi connectivity index (χ0n) is 13.1. The van der Waals surface area contributed by atoms with E-state index >= 15 is 0 Å². The third-order valence-electron chi connectivity index (χ3n) is 3.40. The van der Waals surface area contributed by atoms with Crippen LogP contribution in [0.1, 0.15) is 26.7 Å². The summed E-state index contributed by atoms with van der Waals surface area (Å²) in [5.74, 6) is -4.11. The number of carbonyl (C=O) groups is 4. The van der Waals surface area contributed by atoms with Gasteiger partial charge in [0.05, 0.1) is 19.1 Å². The molecule has 0 fully saturated rings. The van der Waals surface area contributed by atoms with E-state index in [1.54, 1.807) is 6.92 Å². The molecule has 0 saturated heterocycles. The van der Waals surface area contributed by atoms with Crippen molar-refractivity contribution in [1.82, 2.24) is 10.6 Å². The summed E-state index contributed by atoms with van der Waals surface area (Å²) in [5, 5.41) is 22.4. The minimum atomic E-state index is -1.55. The molecule has 0 aromatic carbocycles. The van der Waals surface area contributed by atoms with Crippen molar-refractivity contribution in [3.05, 3.63) is 0 Å². The van der Waals surface area contributed by atoms with Crippen LogP contribution in [0.3, 0.4) is 0 Å². The molecule has 0 saturated carbocycles. The fraction of sp³-hybridized carbons (Fsp3) is 0.692. The Morgan fingerprint density at radius 2 is 1.61 bits per heavy atom. The van der Waals surface area contributed by atoms with Gasteiger partial charge in [-0.1, -0.05) is 20.3 Å². The van der Waals surface area contributed by atoms with E-state index in [-0.39, 0.29) is 5.92 Å². The molecule has 4 atom stereocenters. The largest absolute Gasteiger partial charge is 0.480 e. The van der Waals surface area contributed by atoms with Gasteiger partial charge in [0.25, 0.3) is 0 Å². The van der Waals surface area contributed by atoms with Gasteiger partial charge in [-0.25, -0.2) is 4.79 Å². The maximum absolute atomic E-state index is 11.9. The number of hydrogen-bond acceptors (Lipinski definition) is 6. The molecule has 0 spiro atoms. The molecule has 0 heterocycles. The van der Waals surface area contributed by atoms with Gasteiger partial charge in [0.15, 0.2) is 0 Å². The number of primary amides is 1. The molecular formula is C13H24N4O6. The lowest BCUT2D eigenvalue weighted by molar-refractivity contribution is -0.144. The van der Waals surface area contributed by atoms with Crippen LogP contribution < -0.4 is 22.1 Å². The number of aliphatic hydroxyl groups is 1. The lowest BCUT2D eigenvalue weighted by atomic mass is 9.99. The number of aliphatic hydroxyl groups excluding tert-OH is 1. The SMILES string of the molecule is CCC(C)C(N)C(=O)NC(CO)C(=O)NC(CC(N)=O)C(=O)O. The first-order valence-corrected chi connectivity index (χ1v) is 7.12. The van der Waals surface area contributed by atoms with Crippen LogP contribution in [0.5, 0.6) is 0 Å². The molecule has 3 amide bonds. The van der Waals surface area contributed by atoms with Crippen LogP contribution in [-0.4, -0.2) is 58.6 Å². The third kappa shape index (κ3) is 7.06. The lowest BCUT2D eigenvalue weighted by Crippen LogP contribution is -2.57. The third-order valence-corrected chi connectivity index (χ3v) is 3.40. The molecule has 4 unspecified atom stereocenters. The summed E-state index contributed by atoms with van der Waals surface area (Å²) in [4.78, 5) is 45.6. The molecule has 10 nitrogen and oxygen atoms in total. The number of carboxylic acids is 1. The summed E-state index contributed by atoms with van der Waals surface area (Å²) in [7, 11) is 0. The molecule has 0 aliphatic rings. The minimum absolute atomic E-state index is 0.140. The average molecular weight is 332 g/mol. The number of rotatable bonds is 10. The maximum atomic E-state index is 11.9. The summed E-state index contributed by atoms with van der Waals surface area (Å²) >= 11 is 0. The van der Waals surface area contributed by atoms with E-state index in [0.29, 0.717) is 6.42 Å². The van der Waals surface area contributed by atoms with Gasteiger partial charge in [0.1, 0.15) is 12.1 Å². The van der Waals surface area contributed by atoms with Crippen molar-refractivity contribution in [1.29, 1.82) is 0 Å². The quantitative estimate of drug-likeness (QED) is 0.251. The van der Waals surface area contributed by atoms with Crippen LogP contribution in [0, 0.1) is 5.92 Å². The predicted molar refractivity (Wildman–Crippen MR) is 79.8 cm³/mol. The molecular weight excluding hydrogens is 308 g/mol. The molecule has 8 N–H and O–H groups in total. The smallest absolute Gasteiger partial charge is 0.326 e. The topological polar surface area (TPSA) is 185 Å². The fourth-order valence-electron chi connectivity index (χ4n) is 1.65. The molecule has 0 aromatic heterocycles. The molecule has 132 valence electrons. The van der Waals surface area contributed by atoms with E-state index < -0.39 is 54.8 Å². The first-order chi connectivity index (χ1) is 10.6. The van der Waals surface area contributed by atoms with Gasteiger partial charge in [0.2, 0.25) is 17.7 Å². The van der Waals surface area contributed by atoms with E-state index in [0.717, 1.165) is 0 Å². The Morgan fingerprint density at radius 3 is 2.00 bits per heavy atom. The Morgan fingerprint density at radius 1 is 1.09 bits per heavy atom. The van der Waals surface area contributed by atoms with Gasteiger partial charge in [-0.2, -0.15) is 0 Å². The highest BCUT2D eigenvalue weighted by atomic mass is 16.4. The standard InChI is InChI=1S/C13H24N4O6/c1-3-6(2)10(15)12(21)17-8(5-18)11(20)16-7(13(22)23)4-9(14)19/h6-8,10,18H,3-5,15H2,1-2H3,(H2,14,19)(H,16,20)(H,17,21)(H,22,23). The summed E-state index contributed by atoms with van der Waals surface area (Å²) in [6.45, 7) is 2.84. The van der Waals surface area contributed by atoms with Crippen molar-refractivity contribution in [2.24, 2.45) is 17.4 Å². The maximum Gasteiger partial charge on any atom is 0.326 e. The average Bonchev–Trinajstić information content (AvgIpc) is 2.49. The van der Waals surface area contributed by atoms with Crippen LogP contribution in [0.2, 0.25) is 0 Å². The summed E-state index contributed by atoms with van der Waals surface area (Å²) in [6, 6.07) is -3.80.